The van der Waals surface area contributed by atoms with Crippen LogP contribution in [-0.2, 0) is 38.1 Å². The van der Waals surface area contributed by atoms with Gasteiger partial charge in [-0.3, -0.25) is 14.4 Å². The van der Waals surface area contributed by atoms with E-state index in [2.05, 4.69) is 13.8 Å². The molecule has 8 heteroatoms. The van der Waals surface area contributed by atoms with Crippen LogP contribution in [0.5, 0.6) is 0 Å². The molecule has 35 heavy (non-hydrogen) atoms. The SMILES string of the molecule is COC(=O)[C@@H]1[C@]2(C)CC[C@H]3C(C)(C)[C@@H]4CC[C@]3(C(=O)O4)C2=C[C@]2(C)O[C@](C)(C(=O)OC)C(=O)[C@]12C. The zero-order chi connectivity index (χ0) is 26.0. The first-order valence-corrected chi connectivity index (χ1v) is 12.5. The minimum Gasteiger partial charge on any atom is -0.469 e. The lowest BCUT2D eigenvalue weighted by Crippen LogP contribution is -2.70. The van der Waals surface area contributed by atoms with Crippen LogP contribution in [0.1, 0.15) is 67.2 Å². The van der Waals surface area contributed by atoms with Crippen LogP contribution in [0.2, 0.25) is 0 Å². The summed E-state index contributed by atoms with van der Waals surface area (Å²) >= 11 is 0. The lowest BCUT2D eigenvalue weighted by molar-refractivity contribution is -0.230. The molecule has 192 valence electrons. The maximum atomic E-state index is 14.1. The Labute approximate surface area is 206 Å². The third-order valence-corrected chi connectivity index (χ3v) is 10.8. The van der Waals surface area contributed by atoms with Crippen LogP contribution in [-0.4, -0.2) is 55.2 Å². The smallest absolute Gasteiger partial charge is 0.345 e. The van der Waals surface area contributed by atoms with Gasteiger partial charge in [-0.25, -0.2) is 4.79 Å². The summed E-state index contributed by atoms with van der Waals surface area (Å²) in [5.74, 6) is -3.07. The van der Waals surface area contributed by atoms with Crippen molar-refractivity contribution in [2.24, 2.45) is 33.5 Å². The zero-order valence-electron chi connectivity index (χ0n) is 21.9. The number of Topliss-reactive ketones (excluding diaryl/α,β-unsaturated/α-hetero) is 1. The lowest BCUT2D eigenvalue weighted by Gasteiger charge is -2.67. The molecule has 0 amide bonds. The topological polar surface area (TPSA) is 105 Å². The second kappa shape index (κ2) is 6.75. The van der Waals surface area contributed by atoms with E-state index in [1.165, 1.54) is 21.1 Å². The van der Waals surface area contributed by atoms with Gasteiger partial charge >= 0.3 is 17.9 Å². The second-order valence-corrected chi connectivity index (χ2v) is 12.5. The molecule has 2 saturated carbocycles. The predicted molar refractivity (Wildman–Crippen MR) is 123 cm³/mol. The first-order chi connectivity index (χ1) is 16.1. The van der Waals surface area contributed by atoms with Crippen molar-refractivity contribution in [2.75, 3.05) is 14.2 Å². The molecule has 1 spiro atoms. The number of rotatable bonds is 2. The highest BCUT2D eigenvalue weighted by molar-refractivity contribution is 6.13. The van der Waals surface area contributed by atoms with Crippen LogP contribution in [0.25, 0.3) is 0 Å². The quantitative estimate of drug-likeness (QED) is 0.253. The molecule has 0 radical (unpaired) electrons. The van der Waals surface area contributed by atoms with Crippen LogP contribution >= 0.6 is 0 Å². The van der Waals surface area contributed by atoms with Crippen molar-refractivity contribution in [1.29, 1.82) is 0 Å². The van der Waals surface area contributed by atoms with E-state index in [1.807, 2.05) is 13.0 Å². The fraction of sp³-hybridized carbons (Fsp3) is 0.778. The Bertz CT molecular complexity index is 1090. The lowest BCUT2D eigenvalue weighted by atomic mass is 9.37. The molecular weight excluding hydrogens is 452 g/mol. The molecule has 0 aromatic heterocycles. The van der Waals surface area contributed by atoms with Crippen LogP contribution in [0.15, 0.2) is 11.6 Å². The molecule has 6 rings (SSSR count). The number of esters is 3. The fourth-order valence-electron chi connectivity index (χ4n) is 8.94. The minimum atomic E-state index is -1.90. The highest BCUT2D eigenvalue weighted by Crippen LogP contribution is 2.74. The Morgan fingerprint density at radius 3 is 2.20 bits per heavy atom. The van der Waals surface area contributed by atoms with E-state index in [1.54, 1.807) is 13.8 Å². The molecule has 2 bridgehead atoms. The fourth-order valence-corrected chi connectivity index (χ4v) is 8.94. The van der Waals surface area contributed by atoms with Crippen molar-refractivity contribution in [3.8, 4) is 0 Å². The summed E-state index contributed by atoms with van der Waals surface area (Å²) < 4.78 is 22.6. The molecule has 3 heterocycles. The summed E-state index contributed by atoms with van der Waals surface area (Å²) in [4.78, 5) is 54.2. The average Bonchev–Trinajstić information content (AvgIpc) is 2.95. The number of ketones is 1. The molecule has 8 nitrogen and oxygen atoms in total. The molecule has 3 aliphatic carbocycles. The first kappa shape index (κ1) is 24.5. The Kier molecular flexibility index (Phi) is 4.72. The molecule has 6 aliphatic rings. The van der Waals surface area contributed by atoms with E-state index in [0.29, 0.717) is 12.8 Å². The van der Waals surface area contributed by atoms with Gasteiger partial charge in [0.05, 0.1) is 36.6 Å². The normalized spacial score (nSPS) is 49.3. The van der Waals surface area contributed by atoms with Gasteiger partial charge in [-0.1, -0.05) is 26.8 Å². The molecule has 3 aliphatic heterocycles. The number of ether oxygens (including phenoxy) is 4. The molecule has 0 aromatic carbocycles. The highest BCUT2D eigenvalue weighted by Gasteiger charge is 2.80. The Hall–Kier alpha value is -2.22. The average molecular weight is 489 g/mol. The standard InChI is InChI=1S/C27H36O8/c1-22(2)14-9-11-23(3)15(27(14)12-10-16(22)34-21(27)31)13-24(4)25(5,17(23)18(28)32-7)19(29)26(6,35-24)20(30)33-8/h13-14,16-17H,9-12H2,1-8H3/t14-,16-,17+,23+,24-,25-,26-,27+/m0/s1. The predicted octanol–water partition coefficient (Wildman–Crippen LogP) is 3.16. The van der Waals surface area contributed by atoms with E-state index in [-0.39, 0.29) is 23.4 Å². The molecule has 0 aromatic rings. The van der Waals surface area contributed by atoms with E-state index in [0.717, 1.165) is 18.4 Å². The van der Waals surface area contributed by atoms with Gasteiger partial charge in [0.15, 0.2) is 5.78 Å². The second-order valence-electron chi connectivity index (χ2n) is 12.5. The number of carbonyl (C=O) groups is 4. The number of fused-ring (bicyclic) bond motifs is 4. The number of hydrogen-bond donors (Lipinski definition) is 0. The maximum absolute atomic E-state index is 14.1. The third-order valence-electron chi connectivity index (χ3n) is 10.8. The van der Waals surface area contributed by atoms with Gasteiger partial charge in [0, 0.05) is 10.8 Å². The van der Waals surface area contributed by atoms with Crippen molar-refractivity contribution < 1.29 is 38.1 Å². The molecule has 0 unspecified atom stereocenters. The van der Waals surface area contributed by atoms with Gasteiger partial charge < -0.3 is 18.9 Å². The van der Waals surface area contributed by atoms with E-state index in [4.69, 9.17) is 18.9 Å². The monoisotopic (exact) mass is 488 g/mol. The number of carbonyl (C=O) groups excluding carboxylic acids is 4. The van der Waals surface area contributed by atoms with Gasteiger partial charge in [0.25, 0.3) is 0 Å². The van der Waals surface area contributed by atoms with Gasteiger partial charge in [0.2, 0.25) is 5.60 Å². The Morgan fingerprint density at radius 2 is 1.63 bits per heavy atom. The zero-order valence-corrected chi connectivity index (χ0v) is 21.9. The summed E-state index contributed by atoms with van der Waals surface area (Å²) in [6, 6.07) is 0. The van der Waals surface area contributed by atoms with Gasteiger partial charge in [-0.2, -0.15) is 0 Å². The molecular formula is C27H36O8. The maximum Gasteiger partial charge on any atom is 0.345 e. The van der Waals surface area contributed by atoms with Crippen molar-refractivity contribution in [2.45, 2.75) is 84.5 Å². The highest BCUT2D eigenvalue weighted by atomic mass is 16.6. The first-order valence-electron chi connectivity index (χ1n) is 12.5. The molecule has 3 saturated heterocycles. The Morgan fingerprint density at radius 1 is 0.971 bits per heavy atom. The van der Waals surface area contributed by atoms with E-state index >= 15 is 0 Å². The van der Waals surface area contributed by atoms with E-state index < -0.39 is 51.1 Å². The van der Waals surface area contributed by atoms with Crippen molar-refractivity contribution in [3.63, 3.8) is 0 Å². The van der Waals surface area contributed by atoms with E-state index in [9.17, 15) is 19.2 Å². The van der Waals surface area contributed by atoms with Crippen molar-refractivity contribution in [1.82, 2.24) is 0 Å². The van der Waals surface area contributed by atoms with Crippen LogP contribution in [0.3, 0.4) is 0 Å². The number of hydrogen-bond acceptors (Lipinski definition) is 8. The van der Waals surface area contributed by atoms with Crippen LogP contribution < -0.4 is 0 Å². The summed E-state index contributed by atoms with van der Waals surface area (Å²) in [5.41, 5.74) is -5.90. The largest absolute Gasteiger partial charge is 0.469 e. The molecule has 0 N–H and O–H groups in total. The van der Waals surface area contributed by atoms with Crippen molar-refractivity contribution >= 4 is 23.7 Å². The van der Waals surface area contributed by atoms with Gasteiger partial charge in [-0.05, 0) is 57.9 Å². The summed E-state index contributed by atoms with van der Waals surface area (Å²) in [6.07, 6.45) is 4.42. The molecule has 8 atom stereocenters. The van der Waals surface area contributed by atoms with Crippen LogP contribution in [0.4, 0.5) is 0 Å². The summed E-state index contributed by atoms with van der Waals surface area (Å²) in [7, 11) is 2.51. The van der Waals surface area contributed by atoms with Gasteiger partial charge in [-0.15, -0.1) is 0 Å². The van der Waals surface area contributed by atoms with Gasteiger partial charge in [0.1, 0.15) is 6.10 Å². The minimum absolute atomic E-state index is 0.0321. The van der Waals surface area contributed by atoms with Crippen molar-refractivity contribution in [3.05, 3.63) is 11.6 Å². The number of methoxy groups -OCH3 is 2. The third kappa shape index (κ3) is 2.43. The summed E-state index contributed by atoms with van der Waals surface area (Å²) in [6.45, 7) is 11.1. The Balaban J connectivity index is 1.81. The molecule has 5 fully saturated rings. The summed E-state index contributed by atoms with van der Waals surface area (Å²) in [5, 5.41) is 0. The van der Waals surface area contributed by atoms with Crippen LogP contribution in [0, 0.1) is 33.5 Å².